The van der Waals surface area contributed by atoms with Crippen molar-refractivity contribution in [3.8, 4) is 5.75 Å². The smallest absolute Gasteiger partial charge is 0.267 e. The monoisotopic (exact) mass is 317 g/mol. The average Bonchev–Trinajstić information content (AvgIpc) is 2.55. The van der Waals surface area contributed by atoms with Gasteiger partial charge in [0.05, 0.1) is 7.11 Å². The van der Waals surface area contributed by atoms with Gasteiger partial charge in [-0.3, -0.25) is 9.59 Å². The van der Waals surface area contributed by atoms with Gasteiger partial charge in [0, 0.05) is 19.4 Å². The molecule has 6 heteroatoms. The van der Waals surface area contributed by atoms with Crippen molar-refractivity contribution in [1.82, 2.24) is 10.7 Å². The highest BCUT2D eigenvalue weighted by Gasteiger charge is 2.17. The highest BCUT2D eigenvalue weighted by molar-refractivity contribution is 6.39. The number of amides is 2. The van der Waals surface area contributed by atoms with Gasteiger partial charge < -0.3 is 10.1 Å². The first-order chi connectivity index (χ1) is 11.0. The molecule has 0 unspecified atom stereocenters. The highest BCUT2D eigenvalue weighted by atomic mass is 16.5. The van der Waals surface area contributed by atoms with Gasteiger partial charge in [0.1, 0.15) is 11.5 Å². The van der Waals surface area contributed by atoms with Crippen LogP contribution in [0.1, 0.15) is 43.7 Å². The van der Waals surface area contributed by atoms with E-state index < -0.39 is 0 Å². The first-order valence-electron chi connectivity index (χ1n) is 7.81. The fourth-order valence-corrected chi connectivity index (χ4v) is 2.38. The molecule has 23 heavy (non-hydrogen) atoms. The maximum atomic E-state index is 12.0. The van der Waals surface area contributed by atoms with Crippen LogP contribution < -0.4 is 15.5 Å². The first kappa shape index (κ1) is 17.0. The lowest BCUT2D eigenvalue weighted by Crippen LogP contribution is -2.37. The molecule has 1 aromatic rings. The third kappa shape index (κ3) is 4.55. The SMILES string of the molecule is COc1cc(C(C)C)ccc1CCNC(=O)C1=NNC(=O)CC1. The normalized spacial score (nSPS) is 14.3. The van der Waals surface area contributed by atoms with E-state index in [-0.39, 0.29) is 11.8 Å². The van der Waals surface area contributed by atoms with Gasteiger partial charge in [-0.2, -0.15) is 5.10 Å². The van der Waals surface area contributed by atoms with Crippen LogP contribution in [0.4, 0.5) is 0 Å². The third-order valence-electron chi connectivity index (χ3n) is 3.82. The molecule has 124 valence electrons. The second kappa shape index (κ2) is 7.76. The molecule has 0 saturated heterocycles. The molecule has 0 spiro atoms. The quantitative estimate of drug-likeness (QED) is 0.839. The van der Waals surface area contributed by atoms with Gasteiger partial charge in [0.15, 0.2) is 0 Å². The first-order valence-corrected chi connectivity index (χ1v) is 7.81. The van der Waals surface area contributed by atoms with Crippen molar-refractivity contribution in [3.63, 3.8) is 0 Å². The molecule has 6 nitrogen and oxygen atoms in total. The maximum Gasteiger partial charge on any atom is 0.267 e. The maximum absolute atomic E-state index is 12.0. The Morgan fingerprint density at radius 1 is 1.39 bits per heavy atom. The van der Waals surface area contributed by atoms with E-state index in [1.165, 1.54) is 5.56 Å². The molecule has 0 aromatic heterocycles. The van der Waals surface area contributed by atoms with E-state index in [0.717, 1.165) is 11.3 Å². The second-order valence-electron chi connectivity index (χ2n) is 5.83. The number of benzene rings is 1. The Labute approximate surface area is 136 Å². The van der Waals surface area contributed by atoms with Crippen molar-refractivity contribution < 1.29 is 14.3 Å². The molecule has 1 aliphatic heterocycles. The van der Waals surface area contributed by atoms with Crippen LogP contribution in [0.25, 0.3) is 0 Å². The summed E-state index contributed by atoms with van der Waals surface area (Å²) in [7, 11) is 1.65. The van der Waals surface area contributed by atoms with Crippen molar-refractivity contribution >= 4 is 17.5 Å². The molecule has 0 radical (unpaired) electrons. The summed E-state index contributed by atoms with van der Waals surface area (Å²) < 4.78 is 5.44. The Bertz CT molecular complexity index is 624. The Hall–Kier alpha value is -2.37. The standard InChI is InChI=1S/C17H23N3O3/c1-11(2)13-5-4-12(15(10-13)23-3)8-9-18-17(22)14-6-7-16(21)20-19-14/h4-5,10-11H,6-9H2,1-3H3,(H,18,22)(H,20,21). The van der Waals surface area contributed by atoms with Crippen LogP contribution in [0.15, 0.2) is 23.3 Å². The Morgan fingerprint density at radius 2 is 2.17 bits per heavy atom. The third-order valence-corrected chi connectivity index (χ3v) is 3.82. The summed E-state index contributed by atoms with van der Waals surface area (Å²) in [6, 6.07) is 6.17. The summed E-state index contributed by atoms with van der Waals surface area (Å²) in [6.07, 6.45) is 1.35. The van der Waals surface area contributed by atoms with Gasteiger partial charge in [0.25, 0.3) is 5.91 Å². The molecule has 0 fully saturated rings. The molecule has 0 saturated carbocycles. The molecule has 1 aliphatic rings. The Kier molecular flexibility index (Phi) is 5.73. The van der Waals surface area contributed by atoms with Gasteiger partial charge in [-0.25, -0.2) is 5.43 Å². The van der Waals surface area contributed by atoms with E-state index in [2.05, 4.69) is 35.8 Å². The number of rotatable bonds is 6. The molecule has 0 atom stereocenters. The minimum Gasteiger partial charge on any atom is -0.496 e. The molecule has 2 N–H and O–H groups in total. The molecule has 1 heterocycles. The summed E-state index contributed by atoms with van der Waals surface area (Å²) in [6.45, 7) is 4.76. The van der Waals surface area contributed by atoms with Gasteiger partial charge in [-0.1, -0.05) is 26.0 Å². The Balaban J connectivity index is 1.91. The number of carbonyl (C=O) groups excluding carboxylic acids is 2. The van der Waals surface area contributed by atoms with Crippen molar-refractivity contribution in [2.75, 3.05) is 13.7 Å². The van der Waals surface area contributed by atoms with Gasteiger partial charge in [-0.15, -0.1) is 0 Å². The van der Waals surface area contributed by atoms with Crippen LogP contribution in [0, 0.1) is 0 Å². The van der Waals surface area contributed by atoms with Gasteiger partial charge in [-0.05, 0) is 29.5 Å². The van der Waals surface area contributed by atoms with Crippen LogP contribution in [0.3, 0.4) is 0 Å². The second-order valence-corrected chi connectivity index (χ2v) is 5.83. The lowest BCUT2D eigenvalue weighted by Gasteiger charge is -2.14. The molecule has 1 aromatic carbocycles. The number of methoxy groups -OCH3 is 1. The fourth-order valence-electron chi connectivity index (χ4n) is 2.38. The zero-order valence-corrected chi connectivity index (χ0v) is 13.8. The topological polar surface area (TPSA) is 79.8 Å². The number of hydrogen-bond acceptors (Lipinski definition) is 4. The highest BCUT2D eigenvalue weighted by Crippen LogP contribution is 2.24. The van der Waals surface area contributed by atoms with Crippen LogP contribution in [-0.4, -0.2) is 31.2 Å². The largest absolute Gasteiger partial charge is 0.496 e. The minimum absolute atomic E-state index is 0.156. The van der Waals surface area contributed by atoms with Crippen LogP contribution in [-0.2, 0) is 16.0 Å². The summed E-state index contributed by atoms with van der Waals surface area (Å²) >= 11 is 0. The molecule has 2 rings (SSSR count). The fraction of sp³-hybridized carbons (Fsp3) is 0.471. The number of ether oxygens (including phenoxy) is 1. The summed E-state index contributed by atoms with van der Waals surface area (Å²) in [5, 5.41) is 6.61. The number of hydrogen-bond donors (Lipinski definition) is 2. The van der Waals surface area contributed by atoms with Crippen molar-refractivity contribution in [2.45, 2.75) is 39.0 Å². The minimum atomic E-state index is -0.234. The van der Waals surface area contributed by atoms with E-state index in [0.29, 0.717) is 37.4 Å². The van der Waals surface area contributed by atoms with Gasteiger partial charge in [0.2, 0.25) is 5.91 Å². The van der Waals surface area contributed by atoms with Crippen molar-refractivity contribution in [3.05, 3.63) is 29.3 Å². The lowest BCUT2D eigenvalue weighted by molar-refractivity contribution is -0.121. The predicted octanol–water partition coefficient (Wildman–Crippen LogP) is 1.74. The van der Waals surface area contributed by atoms with E-state index in [9.17, 15) is 9.59 Å². The van der Waals surface area contributed by atoms with Crippen molar-refractivity contribution in [1.29, 1.82) is 0 Å². The molecular formula is C17H23N3O3. The van der Waals surface area contributed by atoms with E-state index >= 15 is 0 Å². The van der Waals surface area contributed by atoms with E-state index in [1.54, 1.807) is 7.11 Å². The zero-order valence-electron chi connectivity index (χ0n) is 13.8. The van der Waals surface area contributed by atoms with Crippen LogP contribution >= 0.6 is 0 Å². The van der Waals surface area contributed by atoms with Crippen LogP contribution in [0.5, 0.6) is 5.75 Å². The summed E-state index contributed by atoms with van der Waals surface area (Å²) in [5.74, 6) is 0.893. The number of carbonyl (C=O) groups is 2. The van der Waals surface area contributed by atoms with Gasteiger partial charge >= 0.3 is 0 Å². The molecular weight excluding hydrogens is 294 g/mol. The number of nitrogens with zero attached hydrogens (tertiary/aromatic N) is 1. The molecule has 2 amide bonds. The van der Waals surface area contributed by atoms with E-state index in [1.807, 2.05) is 12.1 Å². The summed E-state index contributed by atoms with van der Waals surface area (Å²) in [5.41, 5.74) is 4.97. The predicted molar refractivity (Wildman–Crippen MR) is 88.6 cm³/mol. The zero-order chi connectivity index (χ0) is 16.8. The lowest BCUT2D eigenvalue weighted by atomic mass is 10.00. The molecule has 0 aliphatic carbocycles. The number of hydrazone groups is 1. The summed E-state index contributed by atoms with van der Waals surface area (Å²) in [4.78, 5) is 23.0. The average molecular weight is 317 g/mol. The number of nitrogens with one attached hydrogen (secondary N) is 2. The van der Waals surface area contributed by atoms with Crippen molar-refractivity contribution in [2.24, 2.45) is 5.10 Å². The van der Waals surface area contributed by atoms with Crippen LogP contribution in [0.2, 0.25) is 0 Å². The van der Waals surface area contributed by atoms with E-state index in [4.69, 9.17) is 4.74 Å². The molecule has 0 bridgehead atoms. The Morgan fingerprint density at radius 3 is 2.78 bits per heavy atom.